The maximum Gasteiger partial charge on any atom is 0.225 e. The van der Waals surface area contributed by atoms with Gasteiger partial charge in [-0.05, 0) is 6.42 Å². The second kappa shape index (κ2) is 7.33. The Hall–Kier alpha value is -1.14. The number of nitrogens with two attached hydrogens (primary N) is 1. The van der Waals surface area contributed by atoms with E-state index in [0.717, 1.165) is 13.0 Å². The summed E-state index contributed by atoms with van der Waals surface area (Å²) in [5.41, 5.74) is 5.51. The first-order valence-electron chi connectivity index (χ1n) is 6.34. The fourth-order valence-corrected chi connectivity index (χ4v) is 2.07. The highest BCUT2D eigenvalue weighted by atomic mass is 16.5. The van der Waals surface area contributed by atoms with Crippen molar-refractivity contribution >= 4 is 11.8 Å². The standard InChI is InChI=1S/C12H23N3O3/c1-10(16)14-4-3-5-15(7-6-14)12(17)8-11(9-13)18-2/h11H,3-9,13H2,1-2H3. The zero-order chi connectivity index (χ0) is 13.5. The van der Waals surface area contributed by atoms with Gasteiger partial charge in [0.15, 0.2) is 0 Å². The van der Waals surface area contributed by atoms with E-state index in [-0.39, 0.29) is 17.9 Å². The summed E-state index contributed by atoms with van der Waals surface area (Å²) in [6.07, 6.45) is 0.920. The van der Waals surface area contributed by atoms with Gasteiger partial charge >= 0.3 is 0 Å². The zero-order valence-electron chi connectivity index (χ0n) is 11.2. The summed E-state index contributed by atoms with van der Waals surface area (Å²) in [5.74, 6) is 0.124. The number of methoxy groups -OCH3 is 1. The average molecular weight is 257 g/mol. The Balaban J connectivity index is 2.47. The molecule has 6 nitrogen and oxygen atoms in total. The second-order valence-electron chi connectivity index (χ2n) is 4.54. The normalized spacial score (nSPS) is 18.4. The molecular weight excluding hydrogens is 234 g/mol. The van der Waals surface area contributed by atoms with E-state index in [0.29, 0.717) is 32.6 Å². The van der Waals surface area contributed by atoms with Gasteiger partial charge in [0.1, 0.15) is 0 Å². The molecule has 0 aromatic rings. The van der Waals surface area contributed by atoms with Crippen molar-refractivity contribution in [1.29, 1.82) is 0 Å². The highest BCUT2D eigenvalue weighted by molar-refractivity contribution is 5.77. The molecule has 0 aromatic carbocycles. The van der Waals surface area contributed by atoms with Crippen LogP contribution in [-0.2, 0) is 14.3 Å². The van der Waals surface area contributed by atoms with Crippen molar-refractivity contribution in [2.75, 3.05) is 39.8 Å². The number of nitrogens with zero attached hydrogens (tertiary/aromatic N) is 2. The molecule has 6 heteroatoms. The summed E-state index contributed by atoms with van der Waals surface area (Å²) in [6.45, 7) is 4.54. The Labute approximate surface area is 108 Å². The van der Waals surface area contributed by atoms with Gasteiger partial charge in [-0.15, -0.1) is 0 Å². The predicted molar refractivity (Wildman–Crippen MR) is 67.9 cm³/mol. The Morgan fingerprint density at radius 3 is 2.39 bits per heavy atom. The van der Waals surface area contributed by atoms with E-state index < -0.39 is 0 Å². The number of carbonyl (C=O) groups is 2. The molecule has 0 aromatic heterocycles. The van der Waals surface area contributed by atoms with Crippen LogP contribution in [-0.4, -0.2) is 67.6 Å². The van der Waals surface area contributed by atoms with Gasteiger partial charge in [-0.1, -0.05) is 0 Å². The van der Waals surface area contributed by atoms with Crippen LogP contribution in [0.15, 0.2) is 0 Å². The third-order valence-corrected chi connectivity index (χ3v) is 3.29. The molecule has 0 bridgehead atoms. The Morgan fingerprint density at radius 1 is 1.22 bits per heavy atom. The fraction of sp³-hybridized carbons (Fsp3) is 0.833. The molecule has 2 amide bonds. The number of hydrogen-bond acceptors (Lipinski definition) is 4. The van der Waals surface area contributed by atoms with Crippen molar-refractivity contribution in [2.45, 2.75) is 25.9 Å². The molecule has 1 atom stereocenters. The van der Waals surface area contributed by atoms with Crippen LogP contribution in [0.4, 0.5) is 0 Å². The SMILES string of the molecule is COC(CN)CC(=O)N1CCCN(C(C)=O)CC1. The number of hydrogen-bond donors (Lipinski definition) is 1. The molecule has 1 heterocycles. The third kappa shape index (κ3) is 4.27. The van der Waals surface area contributed by atoms with Gasteiger partial charge in [-0.2, -0.15) is 0 Å². The molecule has 1 aliphatic heterocycles. The molecule has 1 unspecified atom stereocenters. The molecule has 1 saturated heterocycles. The lowest BCUT2D eigenvalue weighted by molar-refractivity contribution is -0.134. The van der Waals surface area contributed by atoms with Gasteiger partial charge in [-0.3, -0.25) is 9.59 Å². The lowest BCUT2D eigenvalue weighted by Gasteiger charge is -2.23. The molecule has 18 heavy (non-hydrogen) atoms. The first-order valence-corrected chi connectivity index (χ1v) is 6.34. The van der Waals surface area contributed by atoms with Crippen molar-refractivity contribution in [3.05, 3.63) is 0 Å². The summed E-state index contributed by atoms with van der Waals surface area (Å²) in [6, 6.07) is 0. The lowest BCUT2D eigenvalue weighted by atomic mass is 10.2. The summed E-state index contributed by atoms with van der Waals surface area (Å²) < 4.78 is 5.11. The molecule has 2 N–H and O–H groups in total. The molecule has 1 fully saturated rings. The van der Waals surface area contributed by atoms with Crippen molar-refractivity contribution in [3.63, 3.8) is 0 Å². The molecule has 1 rings (SSSR count). The molecule has 0 aliphatic carbocycles. The minimum atomic E-state index is -0.218. The molecule has 0 spiro atoms. The van der Waals surface area contributed by atoms with E-state index in [1.165, 1.54) is 0 Å². The molecule has 104 valence electrons. The van der Waals surface area contributed by atoms with Crippen LogP contribution in [0.2, 0.25) is 0 Å². The van der Waals surface area contributed by atoms with Crippen LogP contribution in [0.1, 0.15) is 19.8 Å². The van der Waals surface area contributed by atoms with Gasteiger partial charge in [0.25, 0.3) is 0 Å². The fourth-order valence-electron chi connectivity index (χ4n) is 2.07. The van der Waals surface area contributed by atoms with E-state index in [2.05, 4.69) is 0 Å². The number of ether oxygens (including phenoxy) is 1. The monoisotopic (exact) mass is 257 g/mol. The minimum absolute atomic E-state index is 0.0534. The Kier molecular flexibility index (Phi) is 6.07. The molecule has 0 saturated carbocycles. The summed E-state index contributed by atoms with van der Waals surface area (Å²) in [5, 5.41) is 0. The van der Waals surface area contributed by atoms with Crippen molar-refractivity contribution in [2.24, 2.45) is 5.73 Å². The maximum absolute atomic E-state index is 12.0. The van der Waals surface area contributed by atoms with Crippen molar-refractivity contribution in [1.82, 2.24) is 9.80 Å². The Morgan fingerprint density at radius 2 is 1.83 bits per heavy atom. The van der Waals surface area contributed by atoms with E-state index in [1.807, 2.05) is 0 Å². The highest BCUT2D eigenvalue weighted by Crippen LogP contribution is 2.07. The number of amides is 2. The van der Waals surface area contributed by atoms with E-state index in [9.17, 15) is 9.59 Å². The molecule has 1 aliphatic rings. The van der Waals surface area contributed by atoms with Crippen LogP contribution in [0.25, 0.3) is 0 Å². The predicted octanol–water partition coefficient (Wildman–Crippen LogP) is -0.569. The first-order chi connectivity index (χ1) is 8.58. The number of rotatable bonds is 4. The third-order valence-electron chi connectivity index (χ3n) is 3.29. The second-order valence-corrected chi connectivity index (χ2v) is 4.54. The van der Waals surface area contributed by atoms with Crippen molar-refractivity contribution in [3.8, 4) is 0 Å². The van der Waals surface area contributed by atoms with Gasteiger partial charge in [0.2, 0.25) is 11.8 Å². The van der Waals surface area contributed by atoms with Crippen LogP contribution in [0.3, 0.4) is 0 Å². The van der Waals surface area contributed by atoms with E-state index in [1.54, 1.807) is 23.8 Å². The summed E-state index contributed by atoms with van der Waals surface area (Å²) >= 11 is 0. The Bertz CT molecular complexity index is 292. The van der Waals surface area contributed by atoms with Gasteiger partial charge in [-0.25, -0.2) is 0 Å². The average Bonchev–Trinajstić information content (AvgIpc) is 2.61. The minimum Gasteiger partial charge on any atom is -0.380 e. The smallest absolute Gasteiger partial charge is 0.225 e. The number of carbonyl (C=O) groups excluding carboxylic acids is 2. The quantitative estimate of drug-likeness (QED) is 0.732. The van der Waals surface area contributed by atoms with Crippen LogP contribution < -0.4 is 5.73 Å². The van der Waals surface area contributed by atoms with Gasteiger partial charge in [0.05, 0.1) is 12.5 Å². The van der Waals surface area contributed by atoms with Crippen LogP contribution in [0.5, 0.6) is 0 Å². The van der Waals surface area contributed by atoms with Gasteiger partial charge in [0, 0.05) is 46.8 Å². The summed E-state index contributed by atoms with van der Waals surface area (Å²) in [4.78, 5) is 26.9. The maximum atomic E-state index is 12.0. The van der Waals surface area contributed by atoms with Crippen LogP contribution >= 0.6 is 0 Å². The van der Waals surface area contributed by atoms with Crippen molar-refractivity contribution < 1.29 is 14.3 Å². The highest BCUT2D eigenvalue weighted by Gasteiger charge is 2.22. The first kappa shape index (κ1) is 14.9. The zero-order valence-corrected chi connectivity index (χ0v) is 11.2. The summed E-state index contributed by atoms with van der Waals surface area (Å²) in [7, 11) is 1.56. The van der Waals surface area contributed by atoms with Crippen LogP contribution in [0, 0.1) is 0 Å². The van der Waals surface area contributed by atoms with E-state index in [4.69, 9.17) is 10.5 Å². The molecule has 0 radical (unpaired) electrons. The van der Waals surface area contributed by atoms with E-state index >= 15 is 0 Å². The molecular formula is C12H23N3O3. The largest absolute Gasteiger partial charge is 0.380 e. The lowest BCUT2D eigenvalue weighted by Crippen LogP contribution is -2.39. The topological polar surface area (TPSA) is 75.9 Å². The van der Waals surface area contributed by atoms with Gasteiger partial charge < -0.3 is 20.3 Å².